The van der Waals surface area contributed by atoms with Gasteiger partial charge < -0.3 is 24.6 Å². The minimum Gasteiger partial charge on any atom is -0.489 e. The summed E-state index contributed by atoms with van der Waals surface area (Å²) in [7, 11) is 0. The molecule has 0 aliphatic carbocycles. The molecule has 0 fully saturated rings. The zero-order chi connectivity index (χ0) is 43.6. The van der Waals surface area contributed by atoms with Crippen LogP contribution in [0.25, 0.3) is 11.1 Å². The van der Waals surface area contributed by atoms with Crippen LogP contribution in [0.4, 0.5) is 4.39 Å². The molecular weight excluding hydrogens is 828 g/mol. The van der Waals surface area contributed by atoms with Crippen LogP contribution in [0.3, 0.4) is 0 Å². The van der Waals surface area contributed by atoms with Crippen molar-refractivity contribution in [2.75, 3.05) is 13.2 Å². The largest absolute Gasteiger partial charge is 0.489 e. The lowest BCUT2D eigenvalue weighted by atomic mass is 9.89. The van der Waals surface area contributed by atoms with Crippen LogP contribution in [0.1, 0.15) is 64.4 Å². The van der Waals surface area contributed by atoms with Crippen molar-refractivity contribution in [2.45, 2.75) is 57.5 Å². The minimum absolute atomic E-state index is 0.0194. The van der Waals surface area contributed by atoms with Gasteiger partial charge in [0.1, 0.15) is 30.8 Å². The molecule has 3 unspecified atom stereocenters. The van der Waals surface area contributed by atoms with Crippen LogP contribution in [0, 0.1) is 17.1 Å². The number of ether oxygens (including phenoxy) is 3. The first-order valence-electron chi connectivity index (χ1n) is 20.2. The van der Waals surface area contributed by atoms with E-state index in [2.05, 4.69) is 35.3 Å². The molecule has 2 N–H and O–H groups in total. The third-order valence-electron chi connectivity index (χ3n) is 11.1. The van der Waals surface area contributed by atoms with Crippen molar-refractivity contribution < 1.29 is 33.3 Å². The molecule has 0 aromatic heterocycles. The minimum atomic E-state index is -0.536. The number of nitrogens with zero attached hydrogens (tertiary/aromatic N) is 2. The van der Waals surface area contributed by atoms with Crippen molar-refractivity contribution in [1.29, 1.82) is 5.26 Å². The quantitative estimate of drug-likeness (QED) is 0.117. The normalized spacial score (nSPS) is 15.8. The number of fused-ring (bicyclic) bond motifs is 2. The Labute approximate surface area is 370 Å². The number of nitriles is 1. The van der Waals surface area contributed by atoms with E-state index in [-0.39, 0.29) is 30.1 Å². The summed E-state index contributed by atoms with van der Waals surface area (Å²) in [4.78, 5) is 24.8. The summed E-state index contributed by atoms with van der Waals surface area (Å²) in [6, 6.07) is 41.8. The van der Waals surface area contributed by atoms with Crippen LogP contribution in [0.5, 0.6) is 17.2 Å². The summed E-state index contributed by atoms with van der Waals surface area (Å²) in [6.45, 7) is 3.67. The maximum Gasteiger partial charge on any atom is 0.290 e. The fourth-order valence-corrected chi connectivity index (χ4v) is 8.24. The SMILES string of the molecule is CCC(c1ccccc1)N1Cc2cc3c(cc2CC1C(=O)NCCc1ccc(-c2ccc(C#N)c(F)c2)cc1)OCC(c1ccc(OCc2ccc(Cl)c(Cl)c2)cc1)O3.O=CO. The molecule has 2 aliphatic rings. The smallest absolute Gasteiger partial charge is 0.290 e. The molecule has 0 saturated carbocycles. The highest BCUT2D eigenvalue weighted by molar-refractivity contribution is 6.42. The second-order valence-electron chi connectivity index (χ2n) is 15.0. The van der Waals surface area contributed by atoms with Crippen LogP contribution in [0.2, 0.25) is 10.0 Å². The zero-order valence-electron chi connectivity index (χ0n) is 33.9. The van der Waals surface area contributed by atoms with E-state index in [1.54, 1.807) is 18.2 Å². The van der Waals surface area contributed by atoms with Crippen molar-refractivity contribution in [3.8, 4) is 34.4 Å². The van der Waals surface area contributed by atoms with Gasteiger partial charge in [-0.15, -0.1) is 0 Å². The Kier molecular flexibility index (Phi) is 14.4. The maximum atomic E-state index is 14.2. The molecule has 8 rings (SSSR count). The Balaban J connectivity index is 0.00000187. The van der Waals surface area contributed by atoms with E-state index < -0.39 is 11.9 Å². The lowest BCUT2D eigenvalue weighted by molar-refractivity contribution is -0.128. The molecule has 2 aliphatic heterocycles. The number of halogens is 3. The summed E-state index contributed by atoms with van der Waals surface area (Å²) in [5.41, 5.74) is 7.88. The second kappa shape index (κ2) is 20.5. The van der Waals surface area contributed by atoms with Gasteiger partial charge in [-0.1, -0.05) is 109 Å². The van der Waals surface area contributed by atoms with Crippen molar-refractivity contribution in [3.63, 3.8) is 0 Å². The lowest BCUT2D eigenvalue weighted by Crippen LogP contribution is -2.51. The fraction of sp³-hybridized carbons (Fsp3) is 0.220. The number of hydrogen-bond acceptors (Lipinski definition) is 7. The lowest BCUT2D eigenvalue weighted by Gasteiger charge is -2.41. The molecule has 62 heavy (non-hydrogen) atoms. The summed E-state index contributed by atoms with van der Waals surface area (Å²) in [5.74, 6) is 1.53. The number of carbonyl (C=O) groups is 2. The second-order valence-corrected chi connectivity index (χ2v) is 15.8. The topological polar surface area (TPSA) is 121 Å². The molecule has 0 radical (unpaired) electrons. The number of nitrogens with one attached hydrogen (secondary N) is 1. The van der Waals surface area contributed by atoms with Crippen LogP contribution in [0.15, 0.2) is 127 Å². The zero-order valence-corrected chi connectivity index (χ0v) is 35.4. The van der Waals surface area contributed by atoms with Gasteiger partial charge in [-0.05, 0) is 112 Å². The van der Waals surface area contributed by atoms with Gasteiger partial charge in [0.2, 0.25) is 5.91 Å². The predicted molar refractivity (Wildman–Crippen MR) is 237 cm³/mol. The van der Waals surface area contributed by atoms with Gasteiger partial charge in [0.05, 0.1) is 21.7 Å². The molecule has 0 saturated heterocycles. The van der Waals surface area contributed by atoms with Crippen molar-refractivity contribution in [2.24, 2.45) is 0 Å². The molecule has 2 heterocycles. The Morgan fingerprint density at radius 1 is 0.919 bits per heavy atom. The van der Waals surface area contributed by atoms with Gasteiger partial charge in [0.15, 0.2) is 17.6 Å². The molecule has 12 heteroatoms. The molecule has 9 nitrogen and oxygen atoms in total. The first-order valence-corrected chi connectivity index (χ1v) is 21.0. The number of rotatable bonds is 12. The summed E-state index contributed by atoms with van der Waals surface area (Å²) in [6.07, 6.45) is 1.70. The van der Waals surface area contributed by atoms with Crippen molar-refractivity contribution in [3.05, 3.63) is 182 Å². The Bertz CT molecular complexity index is 2550. The summed E-state index contributed by atoms with van der Waals surface area (Å²) in [5, 5.41) is 20.2. The van der Waals surface area contributed by atoms with E-state index >= 15 is 0 Å². The summed E-state index contributed by atoms with van der Waals surface area (Å²) >= 11 is 12.2. The molecule has 6 aromatic rings. The Morgan fingerprint density at radius 3 is 2.32 bits per heavy atom. The maximum absolute atomic E-state index is 14.2. The van der Waals surface area contributed by atoms with Crippen LogP contribution in [-0.4, -0.2) is 41.6 Å². The van der Waals surface area contributed by atoms with Crippen LogP contribution in [-0.2, 0) is 35.6 Å². The Morgan fingerprint density at radius 2 is 1.63 bits per heavy atom. The summed E-state index contributed by atoms with van der Waals surface area (Å²) < 4.78 is 33.1. The van der Waals surface area contributed by atoms with Crippen molar-refractivity contribution >= 4 is 35.6 Å². The first-order chi connectivity index (χ1) is 30.2. The average Bonchev–Trinajstić information content (AvgIpc) is 3.29. The highest BCUT2D eigenvalue weighted by Gasteiger charge is 2.37. The van der Waals surface area contributed by atoms with Gasteiger partial charge in [-0.2, -0.15) is 5.26 Å². The standard InChI is InChI=1S/C49H42Cl2FN3O4.CH2O2/c1-2-44(34-6-4-3-5-7-34)55-28-39-26-47-46(58-30-48(59-47)35-15-17-40(18-16-35)57-29-32-10-19-41(50)42(51)22-32)25-38(39)24-45(55)49(56)54-21-20-31-8-11-33(12-9-31)36-13-14-37(27-53)43(52)23-36;2-1-3/h3-19,22-23,25-26,44-45,48H,2,20-21,24,28-30H2,1H3,(H,54,56);1H,(H,2,3). The molecule has 0 bridgehead atoms. The van der Waals surface area contributed by atoms with Gasteiger partial charge >= 0.3 is 0 Å². The van der Waals surface area contributed by atoms with E-state index in [4.69, 9.17) is 52.6 Å². The van der Waals surface area contributed by atoms with E-state index in [1.807, 2.05) is 84.9 Å². The van der Waals surface area contributed by atoms with Gasteiger partial charge in [-0.3, -0.25) is 14.5 Å². The van der Waals surface area contributed by atoms with E-state index in [1.165, 1.54) is 17.7 Å². The highest BCUT2D eigenvalue weighted by atomic mass is 35.5. The van der Waals surface area contributed by atoms with Crippen LogP contribution < -0.4 is 19.5 Å². The number of carbonyl (C=O) groups excluding carboxylic acids is 1. The van der Waals surface area contributed by atoms with Crippen molar-refractivity contribution in [1.82, 2.24) is 10.2 Å². The molecule has 1 amide bonds. The van der Waals surface area contributed by atoms with Crippen LogP contribution >= 0.6 is 23.2 Å². The van der Waals surface area contributed by atoms with Gasteiger partial charge in [-0.25, -0.2) is 4.39 Å². The first kappa shape index (κ1) is 43.7. The van der Waals surface area contributed by atoms with E-state index in [0.717, 1.165) is 45.6 Å². The van der Waals surface area contributed by atoms with Gasteiger partial charge in [0.25, 0.3) is 6.47 Å². The van der Waals surface area contributed by atoms with E-state index in [0.29, 0.717) is 66.3 Å². The monoisotopic (exact) mass is 871 g/mol. The average molecular weight is 873 g/mol. The van der Waals surface area contributed by atoms with Gasteiger partial charge in [0, 0.05) is 19.1 Å². The molecule has 6 aromatic carbocycles. The molecule has 3 atom stereocenters. The molecular formula is C50H44Cl2FN3O6. The third kappa shape index (κ3) is 10.4. The molecule has 0 spiro atoms. The predicted octanol–water partition coefficient (Wildman–Crippen LogP) is 10.7. The third-order valence-corrected chi connectivity index (χ3v) is 11.8. The Hall–Kier alpha value is -6.38. The molecule has 316 valence electrons. The number of benzene rings is 6. The fourth-order valence-electron chi connectivity index (χ4n) is 7.92. The van der Waals surface area contributed by atoms with E-state index in [9.17, 15) is 9.18 Å². The number of hydrogen-bond donors (Lipinski definition) is 2. The highest BCUT2D eigenvalue weighted by Crippen LogP contribution is 2.42. The number of carboxylic acid groups (broad SMARTS) is 1. The number of amides is 1.